The fourth-order valence-corrected chi connectivity index (χ4v) is 5.68. The molecular formula is C34H29BrCl2F3N5O4. The molecule has 49 heavy (non-hydrogen) atoms. The lowest BCUT2D eigenvalue weighted by Crippen LogP contribution is -2.48. The van der Waals surface area contributed by atoms with E-state index in [0.717, 1.165) is 16.5 Å². The standard InChI is InChI=1S/C34H28Cl2F3N5O4.BrH/c1-42-29-18-26(47-31-11-6-24(19-40-31)41-32(45)23-5-10-27(35)28(36)16-23)9-4-22(29)17-30(42)33(46)44-14-12-43(13-15-44)20-21-2-7-25(8-3-21)48-34(37,38)39;/h2-11,16-19H,12-15,20H2,1H3,(H,41,45);1H. The summed E-state index contributed by atoms with van der Waals surface area (Å²) in [5.41, 5.74) is 3.02. The molecule has 1 saturated heterocycles. The number of carbonyl (C=O) groups is 2. The Bertz CT molecular complexity index is 1970. The highest BCUT2D eigenvalue weighted by molar-refractivity contribution is 8.93. The van der Waals surface area contributed by atoms with Crippen LogP contribution in [0.1, 0.15) is 26.4 Å². The van der Waals surface area contributed by atoms with Crippen LogP contribution in [0, 0.1) is 0 Å². The molecule has 0 aliphatic carbocycles. The zero-order valence-electron chi connectivity index (χ0n) is 25.8. The number of hydrogen-bond acceptors (Lipinski definition) is 6. The van der Waals surface area contributed by atoms with Gasteiger partial charge in [-0.1, -0.05) is 35.3 Å². The molecule has 9 nitrogen and oxygen atoms in total. The van der Waals surface area contributed by atoms with Gasteiger partial charge in [0, 0.05) is 62.9 Å². The minimum absolute atomic E-state index is 0. The van der Waals surface area contributed by atoms with Crippen LogP contribution in [-0.4, -0.2) is 63.7 Å². The van der Waals surface area contributed by atoms with Crippen molar-refractivity contribution in [2.45, 2.75) is 12.9 Å². The first-order valence-corrected chi connectivity index (χ1v) is 15.5. The molecule has 1 N–H and O–H groups in total. The molecular weight excluding hydrogens is 750 g/mol. The van der Waals surface area contributed by atoms with E-state index < -0.39 is 6.36 Å². The SMILES string of the molecule is Br.Cn1c(C(=O)N2CCN(Cc3ccc(OC(F)(F)F)cc3)CC2)cc2ccc(Oc3ccc(NC(=O)c4ccc(Cl)c(Cl)c4)cn3)cc21. The molecule has 256 valence electrons. The Morgan fingerprint density at radius 1 is 0.878 bits per heavy atom. The molecule has 3 heterocycles. The average Bonchev–Trinajstić information content (AvgIpc) is 3.39. The van der Waals surface area contributed by atoms with Crippen molar-refractivity contribution < 1.29 is 32.2 Å². The van der Waals surface area contributed by atoms with Crippen LogP contribution in [0.2, 0.25) is 10.0 Å². The Morgan fingerprint density at radius 2 is 1.59 bits per heavy atom. The van der Waals surface area contributed by atoms with Gasteiger partial charge in [0.05, 0.1) is 27.4 Å². The van der Waals surface area contributed by atoms with Crippen molar-refractivity contribution in [1.29, 1.82) is 0 Å². The van der Waals surface area contributed by atoms with Gasteiger partial charge < -0.3 is 24.3 Å². The van der Waals surface area contributed by atoms with E-state index in [2.05, 4.69) is 19.9 Å². The summed E-state index contributed by atoms with van der Waals surface area (Å²) >= 11 is 11.9. The van der Waals surface area contributed by atoms with Gasteiger partial charge in [0.1, 0.15) is 17.2 Å². The zero-order chi connectivity index (χ0) is 34.0. The van der Waals surface area contributed by atoms with Crippen molar-refractivity contribution in [1.82, 2.24) is 19.4 Å². The molecule has 1 fully saturated rings. The van der Waals surface area contributed by atoms with Crippen molar-refractivity contribution >= 4 is 68.6 Å². The predicted octanol–water partition coefficient (Wildman–Crippen LogP) is 8.36. The normalized spacial score (nSPS) is 13.6. The van der Waals surface area contributed by atoms with Crippen LogP contribution < -0.4 is 14.8 Å². The average molecular weight is 779 g/mol. The maximum Gasteiger partial charge on any atom is 0.573 e. The van der Waals surface area contributed by atoms with E-state index in [0.29, 0.717) is 66.3 Å². The van der Waals surface area contributed by atoms with Gasteiger partial charge in [-0.05, 0) is 60.2 Å². The number of nitrogens with one attached hydrogen (secondary N) is 1. The fourth-order valence-electron chi connectivity index (χ4n) is 5.38. The van der Waals surface area contributed by atoms with Crippen LogP contribution in [0.5, 0.6) is 17.4 Å². The van der Waals surface area contributed by atoms with Crippen molar-refractivity contribution in [3.8, 4) is 17.4 Å². The number of hydrogen-bond donors (Lipinski definition) is 1. The number of piperazine rings is 1. The Hall–Kier alpha value is -4.30. The summed E-state index contributed by atoms with van der Waals surface area (Å²) in [6.45, 7) is 2.83. The minimum atomic E-state index is -4.73. The summed E-state index contributed by atoms with van der Waals surface area (Å²) in [6, 6.07) is 21.1. The van der Waals surface area contributed by atoms with Crippen molar-refractivity contribution in [2.24, 2.45) is 7.05 Å². The van der Waals surface area contributed by atoms with Gasteiger partial charge >= 0.3 is 6.36 Å². The maximum absolute atomic E-state index is 13.5. The van der Waals surface area contributed by atoms with Gasteiger partial charge in [-0.25, -0.2) is 4.98 Å². The second kappa shape index (κ2) is 15.1. The topological polar surface area (TPSA) is 88.9 Å². The lowest BCUT2D eigenvalue weighted by Gasteiger charge is -2.34. The van der Waals surface area contributed by atoms with E-state index >= 15 is 0 Å². The quantitative estimate of drug-likeness (QED) is 0.170. The summed E-state index contributed by atoms with van der Waals surface area (Å²) < 4.78 is 49.0. The summed E-state index contributed by atoms with van der Waals surface area (Å²) in [7, 11) is 1.82. The van der Waals surface area contributed by atoms with E-state index in [9.17, 15) is 22.8 Å². The number of halogens is 6. The van der Waals surface area contributed by atoms with E-state index in [-0.39, 0.29) is 39.6 Å². The number of rotatable bonds is 8. The Balaban J connectivity index is 0.00000468. The molecule has 2 amide bonds. The number of alkyl halides is 3. The van der Waals surface area contributed by atoms with Gasteiger partial charge in [-0.2, -0.15) is 0 Å². The van der Waals surface area contributed by atoms with Crippen LogP contribution in [0.25, 0.3) is 10.9 Å². The van der Waals surface area contributed by atoms with Gasteiger partial charge in [-0.3, -0.25) is 14.5 Å². The third kappa shape index (κ3) is 8.84. The number of aromatic nitrogens is 2. The van der Waals surface area contributed by atoms with E-state index in [4.69, 9.17) is 27.9 Å². The summed E-state index contributed by atoms with van der Waals surface area (Å²) in [6.07, 6.45) is -3.25. The molecule has 2 aromatic heterocycles. The highest BCUT2D eigenvalue weighted by Gasteiger charge is 2.31. The second-order valence-electron chi connectivity index (χ2n) is 11.1. The number of anilines is 1. The smallest absolute Gasteiger partial charge is 0.439 e. The number of benzene rings is 3. The fraction of sp³-hybridized carbons (Fsp3) is 0.206. The maximum atomic E-state index is 13.5. The highest BCUT2D eigenvalue weighted by atomic mass is 79.9. The number of aryl methyl sites for hydroxylation is 1. The molecule has 15 heteroatoms. The third-order valence-electron chi connectivity index (χ3n) is 7.86. The monoisotopic (exact) mass is 777 g/mol. The van der Waals surface area contributed by atoms with E-state index in [1.807, 2.05) is 29.8 Å². The first-order valence-electron chi connectivity index (χ1n) is 14.8. The van der Waals surface area contributed by atoms with Crippen LogP contribution in [0.4, 0.5) is 18.9 Å². The molecule has 0 bridgehead atoms. The van der Waals surface area contributed by atoms with Gasteiger partial charge in [0.15, 0.2) is 0 Å². The molecule has 6 rings (SSSR count). The van der Waals surface area contributed by atoms with Crippen molar-refractivity contribution in [3.63, 3.8) is 0 Å². The lowest BCUT2D eigenvalue weighted by molar-refractivity contribution is -0.274. The first-order chi connectivity index (χ1) is 22.9. The van der Waals surface area contributed by atoms with Gasteiger partial charge in [0.25, 0.3) is 11.8 Å². The Labute approximate surface area is 299 Å². The third-order valence-corrected chi connectivity index (χ3v) is 8.60. The lowest BCUT2D eigenvalue weighted by atomic mass is 10.2. The van der Waals surface area contributed by atoms with E-state index in [1.165, 1.54) is 24.4 Å². The van der Waals surface area contributed by atoms with Crippen molar-refractivity contribution in [2.75, 3.05) is 31.5 Å². The molecule has 0 spiro atoms. The molecule has 0 saturated carbocycles. The largest absolute Gasteiger partial charge is 0.573 e. The number of pyridine rings is 1. The van der Waals surface area contributed by atoms with Crippen LogP contribution in [0.3, 0.4) is 0 Å². The molecule has 5 aromatic rings. The minimum Gasteiger partial charge on any atom is -0.439 e. The molecule has 3 aromatic carbocycles. The predicted molar refractivity (Wildman–Crippen MR) is 186 cm³/mol. The molecule has 1 aliphatic heterocycles. The first kappa shape index (κ1) is 36.0. The summed E-state index contributed by atoms with van der Waals surface area (Å²) in [5.74, 6) is 0.123. The number of fused-ring (bicyclic) bond motifs is 1. The molecule has 0 unspecified atom stereocenters. The van der Waals surface area contributed by atoms with E-state index in [1.54, 1.807) is 47.4 Å². The Morgan fingerprint density at radius 3 is 2.24 bits per heavy atom. The highest BCUT2D eigenvalue weighted by Crippen LogP contribution is 2.29. The molecule has 0 radical (unpaired) electrons. The van der Waals surface area contributed by atoms with Crippen molar-refractivity contribution in [3.05, 3.63) is 112 Å². The second-order valence-corrected chi connectivity index (χ2v) is 12.0. The summed E-state index contributed by atoms with van der Waals surface area (Å²) in [4.78, 5) is 34.3. The number of carbonyl (C=O) groups excluding carboxylic acids is 2. The number of nitrogens with zero attached hydrogens (tertiary/aromatic N) is 4. The van der Waals surface area contributed by atoms with Crippen LogP contribution in [-0.2, 0) is 13.6 Å². The molecule has 1 aliphatic rings. The van der Waals surface area contributed by atoms with Gasteiger partial charge in [-0.15, -0.1) is 30.2 Å². The number of amides is 2. The number of ether oxygens (including phenoxy) is 2. The molecule has 0 atom stereocenters. The van der Waals surface area contributed by atoms with Crippen LogP contribution >= 0.6 is 40.2 Å². The van der Waals surface area contributed by atoms with Crippen LogP contribution in [0.15, 0.2) is 85.1 Å². The van der Waals surface area contributed by atoms with Gasteiger partial charge in [0.2, 0.25) is 5.88 Å². The zero-order valence-corrected chi connectivity index (χ0v) is 29.1. The summed E-state index contributed by atoms with van der Waals surface area (Å²) in [5, 5.41) is 4.26. The Kier molecular flexibility index (Phi) is 11.1.